The molecular formula is C18H25ClN4O. The Hall–Kier alpha value is -1.59. The van der Waals surface area contributed by atoms with Crippen molar-refractivity contribution in [3.63, 3.8) is 0 Å². The van der Waals surface area contributed by atoms with E-state index < -0.39 is 0 Å². The van der Waals surface area contributed by atoms with Crippen molar-refractivity contribution in [3.05, 3.63) is 30.1 Å². The Labute approximate surface area is 148 Å². The number of amides is 1. The minimum atomic E-state index is 0. The minimum Gasteiger partial charge on any atom is -0.347 e. The van der Waals surface area contributed by atoms with Crippen molar-refractivity contribution >= 4 is 29.3 Å². The molecule has 1 aromatic heterocycles. The molecule has 3 fully saturated rings. The fraction of sp³-hybridized carbons (Fsp3) is 0.556. The van der Waals surface area contributed by atoms with Crippen LogP contribution in [-0.2, 0) is 7.05 Å². The molecule has 0 saturated carbocycles. The number of halogens is 1. The number of rotatable bonds is 2. The molecule has 3 saturated heterocycles. The molecule has 0 spiro atoms. The first-order chi connectivity index (χ1) is 11.0. The first-order valence-electron chi connectivity index (χ1n) is 8.44. The van der Waals surface area contributed by atoms with E-state index >= 15 is 0 Å². The van der Waals surface area contributed by atoms with E-state index in [2.05, 4.69) is 29.0 Å². The van der Waals surface area contributed by atoms with Crippen LogP contribution in [0.1, 0.15) is 37.0 Å². The molecule has 1 N–H and O–H groups in total. The van der Waals surface area contributed by atoms with Gasteiger partial charge in [-0.3, -0.25) is 9.69 Å². The number of piperidine rings is 3. The Morgan fingerprint density at radius 1 is 1.29 bits per heavy atom. The lowest BCUT2D eigenvalue weighted by atomic mass is 9.72. The zero-order valence-corrected chi connectivity index (χ0v) is 15.3. The van der Waals surface area contributed by atoms with Gasteiger partial charge in [0.15, 0.2) is 0 Å². The topological polar surface area (TPSA) is 50.2 Å². The van der Waals surface area contributed by atoms with Crippen LogP contribution in [0.2, 0.25) is 0 Å². The lowest BCUT2D eigenvalue weighted by Gasteiger charge is -2.56. The quantitative estimate of drug-likeness (QED) is 0.907. The average molecular weight is 349 g/mol. The SMILES string of the molecule is Cl.Cn1cnc2ccc(C(=O)NC3C4CCN(CC4)C3(C)C)cc21. The first kappa shape index (κ1) is 17.2. The van der Waals surface area contributed by atoms with Crippen molar-refractivity contribution in [2.45, 2.75) is 38.3 Å². The van der Waals surface area contributed by atoms with Crippen LogP contribution >= 0.6 is 12.4 Å². The van der Waals surface area contributed by atoms with Crippen LogP contribution in [0.5, 0.6) is 0 Å². The van der Waals surface area contributed by atoms with Crippen LogP contribution in [0, 0.1) is 5.92 Å². The van der Waals surface area contributed by atoms with Crippen molar-refractivity contribution < 1.29 is 4.79 Å². The lowest BCUT2D eigenvalue weighted by Crippen LogP contribution is -2.69. The van der Waals surface area contributed by atoms with Gasteiger partial charge in [0.1, 0.15) is 0 Å². The Bertz CT molecular complexity index is 761. The van der Waals surface area contributed by atoms with Crippen molar-refractivity contribution in [2.24, 2.45) is 13.0 Å². The van der Waals surface area contributed by atoms with E-state index in [1.54, 1.807) is 6.33 Å². The lowest BCUT2D eigenvalue weighted by molar-refractivity contribution is -0.0378. The fourth-order valence-corrected chi connectivity index (χ4v) is 4.37. The van der Waals surface area contributed by atoms with Gasteiger partial charge >= 0.3 is 0 Å². The summed E-state index contributed by atoms with van der Waals surface area (Å²) < 4.78 is 1.95. The molecule has 4 heterocycles. The van der Waals surface area contributed by atoms with Crippen molar-refractivity contribution in [2.75, 3.05) is 13.1 Å². The van der Waals surface area contributed by atoms with Crippen LogP contribution in [0.15, 0.2) is 24.5 Å². The Kier molecular flexibility index (Phi) is 4.34. The summed E-state index contributed by atoms with van der Waals surface area (Å²) in [6.07, 6.45) is 4.16. The van der Waals surface area contributed by atoms with E-state index in [-0.39, 0.29) is 29.9 Å². The van der Waals surface area contributed by atoms with E-state index in [0.717, 1.165) is 24.1 Å². The molecule has 1 aromatic carbocycles. The minimum absolute atomic E-state index is 0. The first-order valence-corrected chi connectivity index (χ1v) is 8.44. The summed E-state index contributed by atoms with van der Waals surface area (Å²) in [5, 5.41) is 3.32. The Morgan fingerprint density at radius 2 is 2.00 bits per heavy atom. The molecule has 130 valence electrons. The molecule has 2 aromatic rings. The highest BCUT2D eigenvalue weighted by atomic mass is 35.5. The smallest absolute Gasteiger partial charge is 0.251 e. The van der Waals surface area contributed by atoms with E-state index in [9.17, 15) is 4.79 Å². The number of imidazole rings is 1. The number of carbonyl (C=O) groups is 1. The fourth-order valence-electron chi connectivity index (χ4n) is 4.37. The number of nitrogens with zero attached hydrogens (tertiary/aromatic N) is 3. The number of hydrogen-bond donors (Lipinski definition) is 1. The van der Waals surface area contributed by atoms with Gasteiger partial charge < -0.3 is 9.88 Å². The highest BCUT2D eigenvalue weighted by Gasteiger charge is 2.48. The molecule has 3 aliphatic heterocycles. The van der Waals surface area contributed by atoms with Gasteiger partial charge in [0.25, 0.3) is 5.91 Å². The molecule has 1 amide bonds. The highest BCUT2D eigenvalue weighted by Crippen LogP contribution is 2.39. The number of aryl methyl sites for hydroxylation is 1. The average Bonchev–Trinajstić information content (AvgIpc) is 2.92. The van der Waals surface area contributed by atoms with Gasteiger partial charge in [-0.2, -0.15) is 0 Å². The van der Waals surface area contributed by atoms with E-state index in [1.807, 2.05) is 29.8 Å². The second-order valence-corrected chi connectivity index (χ2v) is 7.49. The molecule has 5 rings (SSSR count). The third-order valence-corrected chi connectivity index (χ3v) is 5.86. The van der Waals surface area contributed by atoms with E-state index in [0.29, 0.717) is 11.5 Å². The summed E-state index contributed by atoms with van der Waals surface area (Å²) in [4.78, 5) is 19.6. The number of hydrogen-bond acceptors (Lipinski definition) is 3. The van der Waals surface area contributed by atoms with Gasteiger partial charge in [-0.1, -0.05) is 0 Å². The molecule has 5 nitrogen and oxygen atoms in total. The van der Waals surface area contributed by atoms with Gasteiger partial charge in [0.05, 0.1) is 17.4 Å². The van der Waals surface area contributed by atoms with E-state index in [1.165, 1.54) is 12.8 Å². The van der Waals surface area contributed by atoms with Crippen LogP contribution in [0.3, 0.4) is 0 Å². The summed E-state index contributed by atoms with van der Waals surface area (Å²) in [5.74, 6) is 0.624. The maximum atomic E-state index is 12.8. The molecule has 2 bridgehead atoms. The van der Waals surface area contributed by atoms with Crippen LogP contribution in [0.4, 0.5) is 0 Å². The maximum Gasteiger partial charge on any atom is 0.251 e. The molecule has 0 radical (unpaired) electrons. The second kappa shape index (κ2) is 6.05. The maximum absolute atomic E-state index is 12.8. The van der Waals surface area contributed by atoms with Crippen LogP contribution in [0.25, 0.3) is 11.0 Å². The van der Waals surface area contributed by atoms with Crippen molar-refractivity contribution in [1.82, 2.24) is 19.8 Å². The van der Waals surface area contributed by atoms with Gasteiger partial charge in [-0.15, -0.1) is 12.4 Å². The Balaban J connectivity index is 0.00000169. The molecule has 24 heavy (non-hydrogen) atoms. The van der Waals surface area contributed by atoms with Gasteiger partial charge in [-0.05, 0) is 63.9 Å². The second-order valence-electron chi connectivity index (χ2n) is 7.49. The van der Waals surface area contributed by atoms with E-state index in [4.69, 9.17) is 0 Å². The van der Waals surface area contributed by atoms with Crippen LogP contribution < -0.4 is 5.32 Å². The summed E-state index contributed by atoms with van der Waals surface area (Å²) >= 11 is 0. The Morgan fingerprint density at radius 3 is 2.67 bits per heavy atom. The summed E-state index contributed by atoms with van der Waals surface area (Å²) in [5.41, 5.74) is 2.67. The number of carbonyl (C=O) groups excluding carboxylic acids is 1. The largest absolute Gasteiger partial charge is 0.347 e. The third kappa shape index (κ3) is 2.60. The number of aromatic nitrogens is 2. The summed E-state index contributed by atoms with van der Waals surface area (Å²) in [7, 11) is 1.95. The zero-order chi connectivity index (χ0) is 16.2. The van der Waals surface area contributed by atoms with Crippen molar-refractivity contribution in [1.29, 1.82) is 0 Å². The normalized spacial score (nSPS) is 27.7. The summed E-state index contributed by atoms with van der Waals surface area (Å²) in [6.45, 7) is 6.83. The molecular weight excluding hydrogens is 324 g/mol. The van der Waals surface area contributed by atoms with Gasteiger partial charge in [0.2, 0.25) is 0 Å². The predicted molar refractivity (Wildman–Crippen MR) is 97.6 cm³/mol. The summed E-state index contributed by atoms with van der Waals surface area (Å²) in [6, 6.07) is 5.96. The third-order valence-electron chi connectivity index (χ3n) is 5.86. The number of benzene rings is 1. The molecule has 0 aliphatic carbocycles. The number of nitrogens with one attached hydrogen (secondary N) is 1. The van der Waals surface area contributed by atoms with Gasteiger partial charge in [-0.25, -0.2) is 4.98 Å². The zero-order valence-electron chi connectivity index (χ0n) is 14.5. The highest BCUT2D eigenvalue weighted by molar-refractivity contribution is 5.97. The monoisotopic (exact) mass is 348 g/mol. The molecule has 1 atom stereocenters. The molecule has 1 unspecified atom stereocenters. The van der Waals surface area contributed by atoms with Crippen LogP contribution in [-0.4, -0.2) is 45.0 Å². The molecule has 6 heteroatoms. The number of fused-ring (bicyclic) bond motifs is 4. The molecule has 3 aliphatic rings. The predicted octanol–water partition coefficient (Wildman–Crippen LogP) is 2.60. The van der Waals surface area contributed by atoms with Gasteiger partial charge in [0, 0.05) is 24.2 Å². The standard InChI is InChI=1S/C18H24N4O.ClH/c1-18(2)16(12-6-8-22(18)9-7-12)20-17(23)13-4-5-14-15(10-13)21(3)11-19-14;/h4-5,10-12,16H,6-9H2,1-3H3,(H,20,23);1H. The van der Waals surface area contributed by atoms with Crippen molar-refractivity contribution in [3.8, 4) is 0 Å².